The van der Waals surface area contributed by atoms with Gasteiger partial charge in [-0.15, -0.1) is 0 Å². The molecule has 4 rings (SSSR count). The molecular weight excluding hydrogens is 485 g/mol. The van der Waals surface area contributed by atoms with E-state index in [4.69, 9.17) is 4.74 Å². The van der Waals surface area contributed by atoms with Gasteiger partial charge in [-0.2, -0.15) is 18.2 Å². The molecule has 0 aliphatic heterocycles. The zero-order valence-electron chi connectivity index (χ0n) is 17.1. The number of halogens is 4. The maximum absolute atomic E-state index is 13.7. The maximum atomic E-state index is 13.7. The Morgan fingerprint density at radius 3 is 2.38 bits per heavy atom. The summed E-state index contributed by atoms with van der Waals surface area (Å²) in [7, 11) is 0. The van der Waals surface area contributed by atoms with Gasteiger partial charge in [0.05, 0.1) is 11.8 Å². The fraction of sp³-hybridized carbons (Fsp3) is 0.304. The van der Waals surface area contributed by atoms with E-state index in [1.807, 2.05) is 12.1 Å². The number of para-hydroxylation sites is 2. The Labute approximate surface area is 192 Å². The molecule has 1 saturated carbocycles. The fourth-order valence-electron chi connectivity index (χ4n) is 3.57. The molecule has 5 nitrogen and oxygen atoms in total. The normalized spacial score (nSPS) is 14.8. The minimum atomic E-state index is -4.61. The molecule has 1 aliphatic rings. The Bertz CT molecular complexity index is 1050. The van der Waals surface area contributed by atoms with E-state index in [1.165, 1.54) is 6.42 Å². The number of hydrogen-bond acceptors (Lipinski definition) is 5. The quantitative estimate of drug-likeness (QED) is 0.363. The van der Waals surface area contributed by atoms with Crippen LogP contribution in [0.1, 0.15) is 37.7 Å². The van der Waals surface area contributed by atoms with Gasteiger partial charge in [0, 0.05) is 16.4 Å². The summed E-state index contributed by atoms with van der Waals surface area (Å²) in [5, 5.41) is 5.76. The molecule has 1 aromatic heterocycles. The molecule has 0 spiro atoms. The van der Waals surface area contributed by atoms with Gasteiger partial charge < -0.3 is 15.4 Å². The van der Waals surface area contributed by atoms with Crippen LogP contribution < -0.4 is 15.4 Å². The van der Waals surface area contributed by atoms with Crippen LogP contribution >= 0.6 is 15.9 Å². The monoisotopic (exact) mass is 506 g/mol. The van der Waals surface area contributed by atoms with Gasteiger partial charge in [0.1, 0.15) is 17.1 Å². The fourth-order valence-corrected chi connectivity index (χ4v) is 3.83. The largest absolute Gasteiger partial charge is 0.488 e. The average molecular weight is 507 g/mol. The van der Waals surface area contributed by atoms with E-state index >= 15 is 0 Å². The van der Waals surface area contributed by atoms with Crippen LogP contribution in [0.2, 0.25) is 0 Å². The summed E-state index contributed by atoms with van der Waals surface area (Å²) in [6.07, 6.45) is 1.48. The van der Waals surface area contributed by atoms with Crippen molar-refractivity contribution < 1.29 is 17.9 Å². The molecule has 1 heterocycles. The second-order valence-corrected chi connectivity index (χ2v) is 8.50. The molecule has 3 aromatic rings. The smallest absolute Gasteiger partial charge is 0.421 e. The van der Waals surface area contributed by atoms with E-state index in [0.29, 0.717) is 17.1 Å². The lowest BCUT2D eigenvalue weighted by Crippen LogP contribution is -2.20. The first-order chi connectivity index (χ1) is 15.4. The molecule has 168 valence electrons. The zero-order chi connectivity index (χ0) is 22.6. The van der Waals surface area contributed by atoms with E-state index in [-0.39, 0.29) is 17.9 Å². The minimum absolute atomic E-state index is 0.0495. The van der Waals surface area contributed by atoms with Gasteiger partial charge in [-0.1, -0.05) is 34.5 Å². The van der Waals surface area contributed by atoms with Gasteiger partial charge in [-0.25, -0.2) is 4.98 Å². The average Bonchev–Trinajstić information content (AvgIpc) is 2.77. The van der Waals surface area contributed by atoms with Crippen LogP contribution in [0.5, 0.6) is 5.75 Å². The van der Waals surface area contributed by atoms with Crippen molar-refractivity contribution >= 4 is 39.1 Å². The van der Waals surface area contributed by atoms with Gasteiger partial charge in [0.2, 0.25) is 5.95 Å². The Hall–Kier alpha value is -2.81. The molecule has 1 fully saturated rings. The van der Waals surface area contributed by atoms with E-state index in [2.05, 4.69) is 36.5 Å². The number of nitrogens with zero attached hydrogens (tertiary/aromatic N) is 2. The highest BCUT2D eigenvalue weighted by atomic mass is 79.9. The Balaban J connectivity index is 1.62. The first-order valence-electron chi connectivity index (χ1n) is 10.4. The van der Waals surface area contributed by atoms with Gasteiger partial charge >= 0.3 is 6.18 Å². The van der Waals surface area contributed by atoms with E-state index in [9.17, 15) is 13.2 Å². The highest BCUT2D eigenvalue weighted by molar-refractivity contribution is 9.10. The summed E-state index contributed by atoms with van der Waals surface area (Å²) in [4.78, 5) is 7.98. The van der Waals surface area contributed by atoms with Crippen molar-refractivity contribution in [3.8, 4) is 5.75 Å². The molecule has 0 radical (unpaired) electrons. The molecule has 0 bridgehead atoms. The zero-order valence-corrected chi connectivity index (χ0v) is 18.7. The molecular formula is C23H22BrF3N4O. The van der Waals surface area contributed by atoms with Crippen LogP contribution in [0.15, 0.2) is 59.2 Å². The van der Waals surface area contributed by atoms with Crippen LogP contribution in [0, 0.1) is 0 Å². The van der Waals surface area contributed by atoms with Crippen LogP contribution in [-0.4, -0.2) is 16.1 Å². The molecule has 0 saturated heterocycles. The van der Waals surface area contributed by atoms with Crippen molar-refractivity contribution in [1.29, 1.82) is 0 Å². The van der Waals surface area contributed by atoms with Crippen molar-refractivity contribution in [3.63, 3.8) is 0 Å². The van der Waals surface area contributed by atoms with Gasteiger partial charge in [0.25, 0.3) is 0 Å². The molecule has 0 unspecified atom stereocenters. The third-order valence-corrected chi connectivity index (χ3v) is 5.71. The van der Waals surface area contributed by atoms with Gasteiger partial charge in [-0.05, 0) is 62.1 Å². The molecule has 32 heavy (non-hydrogen) atoms. The Morgan fingerprint density at radius 2 is 1.66 bits per heavy atom. The van der Waals surface area contributed by atoms with Crippen molar-refractivity contribution in [1.82, 2.24) is 9.97 Å². The van der Waals surface area contributed by atoms with E-state index < -0.39 is 11.7 Å². The van der Waals surface area contributed by atoms with Crippen LogP contribution in [0.4, 0.5) is 36.3 Å². The Kier molecular flexibility index (Phi) is 6.83. The predicted molar refractivity (Wildman–Crippen MR) is 122 cm³/mol. The minimum Gasteiger partial charge on any atom is -0.488 e. The third-order valence-electron chi connectivity index (χ3n) is 5.18. The van der Waals surface area contributed by atoms with E-state index in [0.717, 1.165) is 36.4 Å². The number of nitrogens with one attached hydrogen (secondary N) is 2. The van der Waals surface area contributed by atoms with E-state index in [1.54, 1.807) is 36.4 Å². The van der Waals surface area contributed by atoms with Gasteiger partial charge in [0.15, 0.2) is 0 Å². The molecule has 2 aromatic carbocycles. The summed E-state index contributed by atoms with van der Waals surface area (Å²) in [5.74, 6) is 0.217. The predicted octanol–water partition coefficient (Wildman–Crippen LogP) is 7.46. The first-order valence-corrected chi connectivity index (χ1v) is 11.2. The number of anilines is 4. The lowest BCUT2D eigenvalue weighted by atomic mass is 9.98. The highest BCUT2D eigenvalue weighted by Gasteiger charge is 2.35. The lowest BCUT2D eigenvalue weighted by molar-refractivity contribution is -0.137. The SMILES string of the molecule is FC(F)(F)c1cnc(Nc2ccc(Br)cc2)nc1Nc1ccccc1OC1CCCCC1. The number of hydrogen-bond donors (Lipinski definition) is 2. The Morgan fingerprint density at radius 1 is 0.938 bits per heavy atom. The highest BCUT2D eigenvalue weighted by Crippen LogP contribution is 2.37. The molecule has 0 atom stereocenters. The molecule has 0 amide bonds. The number of alkyl halides is 3. The second-order valence-electron chi connectivity index (χ2n) is 7.58. The standard InChI is InChI=1S/C23H22BrF3N4O/c24-15-10-12-16(13-11-15)29-22-28-14-18(23(25,26)27)21(31-22)30-19-8-4-5-9-20(19)32-17-6-2-1-3-7-17/h4-5,8-14,17H,1-3,6-7H2,(H2,28,29,30,31). The third kappa shape index (κ3) is 5.70. The first kappa shape index (κ1) is 22.4. The summed E-state index contributed by atoms with van der Waals surface area (Å²) in [6.45, 7) is 0. The van der Waals surface area contributed by atoms with Gasteiger partial charge in [-0.3, -0.25) is 0 Å². The molecule has 2 N–H and O–H groups in total. The van der Waals surface area contributed by atoms with Crippen molar-refractivity contribution in [2.24, 2.45) is 0 Å². The van der Waals surface area contributed by atoms with Crippen LogP contribution in [-0.2, 0) is 6.18 Å². The summed E-state index contributed by atoms with van der Waals surface area (Å²) in [6, 6.07) is 14.1. The maximum Gasteiger partial charge on any atom is 0.421 e. The molecule has 9 heteroatoms. The van der Waals surface area contributed by atoms with Crippen LogP contribution in [0.3, 0.4) is 0 Å². The number of aromatic nitrogens is 2. The second kappa shape index (κ2) is 9.77. The number of rotatable bonds is 6. The van der Waals surface area contributed by atoms with Crippen LogP contribution in [0.25, 0.3) is 0 Å². The van der Waals surface area contributed by atoms with Crippen molar-refractivity contribution in [2.75, 3.05) is 10.6 Å². The topological polar surface area (TPSA) is 59.1 Å². The summed E-state index contributed by atoms with van der Waals surface area (Å²) < 4.78 is 47.9. The summed E-state index contributed by atoms with van der Waals surface area (Å²) in [5.41, 5.74) is 0.128. The number of benzene rings is 2. The number of ether oxygens (including phenoxy) is 1. The lowest BCUT2D eigenvalue weighted by Gasteiger charge is -2.24. The molecule has 1 aliphatic carbocycles. The van der Waals surface area contributed by atoms with Crippen molar-refractivity contribution in [2.45, 2.75) is 44.4 Å². The van der Waals surface area contributed by atoms with Crippen molar-refractivity contribution in [3.05, 3.63) is 64.8 Å². The summed E-state index contributed by atoms with van der Waals surface area (Å²) >= 11 is 3.35.